The molecule has 3 rings (SSSR count). The summed E-state index contributed by atoms with van der Waals surface area (Å²) in [6.45, 7) is 0. The largest absolute Gasteiger partial charge is 0.262 e. The van der Waals surface area contributed by atoms with E-state index in [2.05, 4.69) is 22.3 Å². The van der Waals surface area contributed by atoms with Crippen molar-refractivity contribution in [3.8, 4) is 5.00 Å². The van der Waals surface area contributed by atoms with Crippen molar-refractivity contribution < 1.29 is 0 Å². The predicted octanol–water partition coefficient (Wildman–Crippen LogP) is 3.58. The third-order valence-electron chi connectivity index (χ3n) is 2.67. The number of aromatic amines is 1. The van der Waals surface area contributed by atoms with Crippen molar-refractivity contribution in [2.45, 2.75) is 6.42 Å². The van der Waals surface area contributed by atoms with Crippen LogP contribution in [0.2, 0.25) is 0 Å². The minimum atomic E-state index is 0.642. The van der Waals surface area contributed by atoms with Gasteiger partial charge in [0.2, 0.25) is 4.77 Å². The molecule has 3 nitrogen and oxygen atoms in total. The number of thiophene rings is 1. The fraction of sp³-hybridized carbons (Fsp3) is 0.0769. The van der Waals surface area contributed by atoms with Gasteiger partial charge in [0.15, 0.2) is 0 Å². The highest BCUT2D eigenvalue weighted by Gasteiger charge is 2.09. The van der Waals surface area contributed by atoms with Gasteiger partial charge in [-0.3, -0.25) is 9.67 Å². The molecule has 1 aromatic carbocycles. The lowest BCUT2D eigenvalue weighted by Gasteiger charge is -2.03. The number of hydrogen-bond acceptors (Lipinski definition) is 3. The number of hydrogen-bond donors (Lipinski definition) is 1. The van der Waals surface area contributed by atoms with Crippen LogP contribution in [0.15, 0.2) is 47.8 Å². The van der Waals surface area contributed by atoms with Gasteiger partial charge in [0.05, 0.1) is 0 Å². The molecule has 0 atom stereocenters. The molecule has 3 aromatic rings. The van der Waals surface area contributed by atoms with Crippen molar-refractivity contribution in [1.29, 1.82) is 0 Å². The molecule has 90 valence electrons. The first-order valence-corrected chi connectivity index (χ1v) is 6.87. The molecule has 5 heteroatoms. The highest BCUT2D eigenvalue weighted by Crippen LogP contribution is 2.18. The van der Waals surface area contributed by atoms with E-state index in [-0.39, 0.29) is 0 Å². The van der Waals surface area contributed by atoms with Crippen molar-refractivity contribution in [3.05, 3.63) is 64.0 Å². The van der Waals surface area contributed by atoms with Crippen LogP contribution in [0.3, 0.4) is 0 Å². The zero-order valence-corrected chi connectivity index (χ0v) is 11.2. The second-order valence-electron chi connectivity index (χ2n) is 3.89. The third-order valence-corrected chi connectivity index (χ3v) is 3.80. The monoisotopic (exact) mass is 273 g/mol. The Morgan fingerprint density at radius 3 is 2.72 bits per heavy atom. The summed E-state index contributed by atoms with van der Waals surface area (Å²) in [5.74, 6) is 0.939. The van der Waals surface area contributed by atoms with Gasteiger partial charge in [0, 0.05) is 6.42 Å². The molecule has 0 amide bonds. The SMILES string of the molecule is S=c1[nH]nc(Cc2ccccc2)n1-c1cccs1. The Bertz CT molecular complexity index is 681. The Balaban J connectivity index is 2.02. The third kappa shape index (κ3) is 2.14. The van der Waals surface area contributed by atoms with Gasteiger partial charge in [-0.2, -0.15) is 5.10 Å². The van der Waals surface area contributed by atoms with Crippen LogP contribution in [0.25, 0.3) is 5.00 Å². The summed E-state index contributed by atoms with van der Waals surface area (Å²) in [6.07, 6.45) is 0.770. The van der Waals surface area contributed by atoms with Crippen LogP contribution in [0, 0.1) is 4.77 Å². The molecule has 0 saturated heterocycles. The molecule has 0 aliphatic heterocycles. The Labute approximate surface area is 114 Å². The van der Waals surface area contributed by atoms with Gasteiger partial charge in [0.25, 0.3) is 0 Å². The van der Waals surface area contributed by atoms with E-state index < -0.39 is 0 Å². The maximum atomic E-state index is 5.29. The molecule has 2 heterocycles. The van der Waals surface area contributed by atoms with Crippen LogP contribution in [-0.4, -0.2) is 14.8 Å². The van der Waals surface area contributed by atoms with Crippen molar-refractivity contribution in [1.82, 2.24) is 14.8 Å². The molecular formula is C13H11N3S2. The summed E-state index contributed by atoms with van der Waals surface area (Å²) in [5, 5.41) is 10.3. The maximum Gasteiger partial charge on any atom is 0.200 e. The van der Waals surface area contributed by atoms with E-state index in [0.717, 1.165) is 17.2 Å². The summed E-state index contributed by atoms with van der Waals surface area (Å²) in [4.78, 5) is 0. The van der Waals surface area contributed by atoms with Crippen LogP contribution >= 0.6 is 23.6 Å². The van der Waals surface area contributed by atoms with Crippen molar-refractivity contribution in [2.75, 3.05) is 0 Å². The van der Waals surface area contributed by atoms with E-state index >= 15 is 0 Å². The standard InChI is InChI=1S/C13H11N3S2/c17-13-15-14-11(9-10-5-2-1-3-6-10)16(13)12-7-4-8-18-12/h1-8H,9H2,(H,15,17). The highest BCUT2D eigenvalue weighted by atomic mass is 32.1. The summed E-state index contributed by atoms with van der Waals surface area (Å²) < 4.78 is 2.64. The lowest BCUT2D eigenvalue weighted by atomic mass is 10.1. The fourth-order valence-corrected chi connectivity index (χ4v) is 2.91. The Morgan fingerprint density at radius 1 is 1.17 bits per heavy atom. The Kier molecular flexibility index (Phi) is 3.08. The minimum absolute atomic E-state index is 0.642. The average Bonchev–Trinajstić information content (AvgIpc) is 3.01. The molecule has 0 spiro atoms. The number of nitrogens with one attached hydrogen (secondary N) is 1. The molecular weight excluding hydrogens is 262 g/mol. The van der Waals surface area contributed by atoms with Gasteiger partial charge >= 0.3 is 0 Å². The first-order valence-electron chi connectivity index (χ1n) is 5.59. The van der Waals surface area contributed by atoms with Crippen LogP contribution in [0.4, 0.5) is 0 Å². The topological polar surface area (TPSA) is 33.6 Å². The Morgan fingerprint density at radius 2 is 2.00 bits per heavy atom. The maximum absolute atomic E-state index is 5.29. The van der Waals surface area contributed by atoms with E-state index in [1.165, 1.54) is 5.56 Å². The molecule has 0 fully saturated rings. The number of aromatic nitrogens is 3. The minimum Gasteiger partial charge on any atom is -0.262 e. The van der Waals surface area contributed by atoms with Gasteiger partial charge < -0.3 is 0 Å². The lowest BCUT2D eigenvalue weighted by molar-refractivity contribution is 0.913. The molecule has 0 unspecified atom stereocenters. The summed E-state index contributed by atoms with van der Waals surface area (Å²) in [7, 11) is 0. The lowest BCUT2D eigenvalue weighted by Crippen LogP contribution is -2.00. The summed E-state index contributed by atoms with van der Waals surface area (Å²) in [6, 6.07) is 14.3. The van der Waals surface area contributed by atoms with E-state index in [1.54, 1.807) is 11.3 Å². The van der Waals surface area contributed by atoms with Gasteiger partial charge in [-0.1, -0.05) is 30.3 Å². The molecule has 0 radical (unpaired) electrons. The Hall–Kier alpha value is -1.72. The van der Waals surface area contributed by atoms with Crippen LogP contribution < -0.4 is 0 Å². The first-order chi connectivity index (χ1) is 8.84. The number of H-pyrrole nitrogens is 1. The van der Waals surface area contributed by atoms with E-state index in [9.17, 15) is 0 Å². The van der Waals surface area contributed by atoms with Crippen LogP contribution in [0.5, 0.6) is 0 Å². The summed E-state index contributed by atoms with van der Waals surface area (Å²) in [5.41, 5.74) is 1.23. The van der Waals surface area contributed by atoms with Crippen molar-refractivity contribution in [2.24, 2.45) is 0 Å². The van der Waals surface area contributed by atoms with Crippen molar-refractivity contribution in [3.63, 3.8) is 0 Å². The normalized spacial score (nSPS) is 10.7. The van der Waals surface area contributed by atoms with E-state index in [4.69, 9.17) is 12.2 Å². The van der Waals surface area contributed by atoms with Gasteiger partial charge in [-0.25, -0.2) is 0 Å². The molecule has 0 bridgehead atoms. The number of nitrogens with zero attached hydrogens (tertiary/aromatic N) is 2. The van der Waals surface area contributed by atoms with E-state index in [0.29, 0.717) is 4.77 Å². The zero-order valence-electron chi connectivity index (χ0n) is 9.54. The molecule has 0 aliphatic carbocycles. The average molecular weight is 273 g/mol. The molecule has 2 aromatic heterocycles. The molecule has 0 saturated carbocycles. The zero-order chi connectivity index (χ0) is 12.4. The number of rotatable bonds is 3. The smallest absolute Gasteiger partial charge is 0.200 e. The highest BCUT2D eigenvalue weighted by molar-refractivity contribution is 7.71. The quantitative estimate of drug-likeness (QED) is 0.740. The van der Waals surface area contributed by atoms with E-state index in [1.807, 2.05) is 40.3 Å². The van der Waals surface area contributed by atoms with Gasteiger partial charge in [-0.15, -0.1) is 11.3 Å². The molecule has 0 aliphatic rings. The van der Waals surface area contributed by atoms with Gasteiger partial charge in [0.1, 0.15) is 10.8 Å². The van der Waals surface area contributed by atoms with Crippen LogP contribution in [-0.2, 0) is 6.42 Å². The van der Waals surface area contributed by atoms with Crippen LogP contribution in [0.1, 0.15) is 11.4 Å². The van der Waals surface area contributed by atoms with Crippen molar-refractivity contribution >= 4 is 23.6 Å². The predicted molar refractivity (Wildman–Crippen MR) is 75.9 cm³/mol. The molecule has 18 heavy (non-hydrogen) atoms. The molecule has 1 N–H and O–H groups in total. The number of benzene rings is 1. The second kappa shape index (κ2) is 4.88. The fourth-order valence-electron chi connectivity index (χ4n) is 1.85. The summed E-state index contributed by atoms with van der Waals surface area (Å²) >= 11 is 6.94. The second-order valence-corrected chi connectivity index (χ2v) is 5.21. The first kappa shape index (κ1) is 11.4. The van der Waals surface area contributed by atoms with Gasteiger partial charge in [-0.05, 0) is 35.3 Å².